The molecule has 1 saturated heterocycles. The summed E-state index contributed by atoms with van der Waals surface area (Å²) in [4.78, 5) is 30.4. The molecule has 3 aromatic carbocycles. The van der Waals surface area contributed by atoms with E-state index in [-0.39, 0.29) is 11.8 Å². The van der Waals surface area contributed by atoms with Gasteiger partial charge in [0.1, 0.15) is 5.75 Å². The molecule has 0 bridgehead atoms. The van der Waals surface area contributed by atoms with Crippen molar-refractivity contribution in [2.24, 2.45) is 0 Å². The first-order valence-corrected chi connectivity index (χ1v) is 12.5. The maximum absolute atomic E-state index is 12.9. The Morgan fingerprint density at radius 3 is 2.28 bits per heavy atom. The quantitative estimate of drug-likeness (QED) is 0.466. The number of anilines is 2. The van der Waals surface area contributed by atoms with E-state index in [2.05, 4.69) is 44.7 Å². The molecule has 0 radical (unpaired) electrons. The zero-order valence-corrected chi connectivity index (χ0v) is 20.8. The van der Waals surface area contributed by atoms with Crippen LogP contribution in [0.25, 0.3) is 0 Å². The van der Waals surface area contributed by atoms with E-state index in [1.54, 1.807) is 30.3 Å². The standard InChI is InChI=1S/C29H34N4O3/c1-2-36-25-15-13-24(14-16-25)30-29(35)26-11-6-7-12-27(26)31-28(34)22-33-18-8-17-32(19-20-33)21-23-9-4-3-5-10-23/h3-7,9-16H,2,8,17-22H2,1H3,(H,30,35)(H,31,34). The number of carbonyl (C=O) groups is 2. The molecule has 4 rings (SSSR count). The van der Waals surface area contributed by atoms with Gasteiger partial charge >= 0.3 is 0 Å². The fraction of sp³-hybridized carbons (Fsp3) is 0.310. The molecule has 0 atom stereocenters. The third-order valence-electron chi connectivity index (χ3n) is 6.17. The summed E-state index contributed by atoms with van der Waals surface area (Å²) in [5.41, 5.74) is 2.90. The van der Waals surface area contributed by atoms with E-state index in [1.807, 2.05) is 31.2 Å². The summed E-state index contributed by atoms with van der Waals surface area (Å²) in [5.74, 6) is 0.356. The minimum atomic E-state index is -0.276. The van der Waals surface area contributed by atoms with Crippen molar-refractivity contribution in [1.29, 1.82) is 0 Å². The molecule has 1 heterocycles. The van der Waals surface area contributed by atoms with Crippen LogP contribution in [0.5, 0.6) is 5.75 Å². The smallest absolute Gasteiger partial charge is 0.257 e. The topological polar surface area (TPSA) is 73.9 Å². The number of carbonyl (C=O) groups excluding carboxylic acids is 2. The van der Waals surface area contributed by atoms with Crippen LogP contribution in [0.15, 0.2) is 78.9 Å². The number of hydrogen-bond acceptors (Lipinski definition) is 5. The second-order valence-electron chi connectivity index (χ2n) is 8.90. The van der Waals surface area contributed by atoms with E-state index in [9.17, 15) is 9.59 Å². The van der Waals surface area contributed by atoms with Gasteiger partial charge in [0.15, 0.2) is 0 Å². The summed E-state index contributed by atoms with van der Waals surface area (Å²) < 4.78 is 5.45. The maximum atomic E-state index is 12.9. The predicted octanol–water partition coefficient (Wildman–Crippen LogP) is 4.48. The van der Waals surface area contributed by atoms with E-state index >= 15 is 0 Å². The van der Waals surface area contributed by atoms with Crippen molar-refractivity contribution < 1.29 is 14.3 Å². The minimum Gasteiger partial charge on any atom is -0.494 e. The normalized spacial score (nSPS) is 14.6. The Kier molecular flexibility index (Phi) is 9.08. The Morgan fingerprint density at radius 1 is 0.806 bits per heavy atom. The Bertz CT molecular complexity index is 1130. The van der Waals surface area contributed by atoms with Crippen LogP contribution in [0, 0.1) is 0 Å². The van der Waals surface area contributed by atoms with E-state index in [1.165, 1.54) is 5.56 Å². The molecule has 0 aliphatic carbocycles. The van der Waals surface area contributed by atoms with Crippen LogP contribution in [0.2, 0.25) is 0 Å². The third kappa shape index (κ3) is 7.41. The molecule has 1 aliphatic heterocycles. The highest BCUT2D eigenvalue weighted by molar-refractivity contribution is 6.10. The lowest BCUT2D eigenvalue weighted by Gasteiger charge is -2.21. The fourth-order valence-corrected chi connectivity index (χ4v) is 4.36. The maximum Gasteiger partial charge on any atom is 0.257 e. The lowest BCUT2D eigenvalue weighted by atomic mass is 10.1. The molecule has 7 heteroatoms. The molecule has 0 saturated carbocycles. The van der Waals surface area contributed by atoms with Gasteiger partial charge in [-0.1, -0.05) is 42.5 Å². The summed E-state index contributed by atoms with van der Waals surface area (Å²) in [6.07, 6.45) is 1.02. The number of nitrogens with zero attached hydrogens (tertiary/aromatic N) is 2. The summed E-state index contributed by atoms with van der Waals surface area (Å²) in [6.45, 7) is 7.38. The zero-order valence-electron chi connectivity index (χ0n) is 20.8. The summed E-state index contributed by atoms with van der Waals surface area (Å²) in [5, 5.41) is 5.84. The first-order valence-electron chi connectivity index (χ1n) is 12.5. The molecule has 3 aromatic rings. The van der Waals surface area contributed by atoms with Crippen molar-refractivity contribution in [2.75, 3.05) is 50.0 Å². The SMILES string of the molecule is CCOc1ccc(NC(=O)c2ccccc2NC(=O)CN2CCCN(Cc3ccccc3)CC2)cc1. The van der Waals surface area contributed by atoms with Gasteiger partial charge in [-0.25, -0.2) is 0 Å². The van der Waals surface area contributed by atoms with Crippen molar-refractivity contribution in [3.05, 3.63) is 90.0 Å². The Labute approximate surface area is 213 Å². The summed E-state index contributed by atoms with van der Waals surface area (Å²) >= 11 is 0. The predicted molar refractivity (Wildman–Crippen MR) is 143 cm³/mol. The van der Waals surface area contributed by atoms with Gasteiger partial charge in [-0.15, -0.1) is 0 Å². The van der Waals surface area contributed by atoms with Crippen molar-refractivity contribution in [1.82, 2.24) is 9.80 Å². The number of benzene rings is 3. The van der Waals surface area contributed by atoms with Crippen LogP contribution in [0.1, 0.15) is 29.3 Å². The van der Waals surface area contributed by atoms with Crippen molar-refractivity contribution in [2.45, 2.75) is 19.9 Å². The van der Waals surface area contributed by atoms with Gasteiger partial charge in [0, 0.05) is 25.3 Å². The number of para-hydroxylation sites is 1. The molecule has 2 N–H and O–H groups in total. The molecule has 1 fully saturated rings. The van der Waals surface area contributed by atoms with Crippen LogP contribution in [0.4, 0.5) is 11.4 Å². The van der Waals surface area contributed by atoms with Crippen molar-refractivity contribution in [3.63, 3.8) is 0 Å². The number of hydrogen-bond donors (Lipinski definition) is 2. The van der Waals surface area contributed by atoms with E-state index in [0.717, 1.165) is 44.9 Å². The van der Waals surface area contributed by atoms with Gasteiger partial charge in [-0.3, -0.25) is 19.4 Å². The molecule has 188 valence electrons. The largest absolute Gasteiger partial charge is 0.494 e. The first kappa shape index (κ1) is 25.4. The molecule has 1 aliphatic rings. The Balaban J connectivity index is 1.31. The molecule has 0 aromatic heterocycles. The average Bonchev–Trinajstić information content (AvgIpc) is 3.11. The molecular weight excluding hydrogens is 452 g/mol. The van der Waals surface area contributed by atoms with Gasteiger partial charge < -0.3 is 15.4 Å². The highest BCUT2D eigenvalue weighted by atomic mass is 16.5. The van der Waals surface area contributed by atoms with Crippen molar-refractivity contribution >= 4 is 23.2 Å². The number of nitrogens with one attached hydrogen (secondary N) is 2. The number of rotatable bonds is 9. The second-order valence-corrected chi connectivity index (χ2v) is 8.90. The molecule has 7 nitrogen and oxygen atoms in total. The number of ether oxygens (including phenoxy) is 1. The summed E-state index contributed by atoms with van der Waals surface area (Å²) in [6, 6.07) is 24.8. The van der Waals surface area contributed by atoms with Crippen LogP contribution in [0.3, 0.4) is 0 Å². The monoisotopic (exact) mass is 486 g/mol. The lowest BCUT2D eigenvalue weighted by Crippen LogP contribution is -2.36. The number of amides is 2. The molecular formula is C29H34N4O3. The van der Waals surface area contributed by atoms with E-state index in [0.29, 0.717) is 30.1 Å². The van der Waals surface area contributed by atoms with Gasteiger partial charge in [0.25, 0.3) is 5.91 Å². The van der Waals surface area contributed by atoms with E-state index < -0.39 is 0 Å². The molecule has 36 heavy (non-hydrogen) atoms. The second kappa shape index (κ2) is 12.9. The lowest BCUT2D eigenvalue weighted by molar-refractivity contribution is -0.117. The van der Waals surface area contributed by atoms with Crippen LogP contribution in [-0.4, -0.2) is 60.9 Å². The first-order chi connectivity index (χ1) is 17.6. The highest BCUT2D eigenvalue weighted by Gasteiger charge is 2.19. The van der Waals surface area contributed by atoms with Crippen LogP contribution < -0.4 is 15.4 Å². The molecule has 0 unspecified atom stereocenters. The van der Waals surface area contributed by atoms with Crippen LogP contribution >= 0.6 is 0 Å². The average molecular weight is 487 g/mol. The van der Waals surface area contributed by atoms with E-state index in [4.69, 9.17) is 4.74 Å². The van der Waals surface area contributed by atoms with Gasteiger partial charge in [-0.2, -0.15) is 0 Å². The minimum absolute atomic E-state index is 0.118. The molecule has 0 spiro atoms. The zero-order chi connectivity index (χ0) is 25.2. The van der Waals surface area contributed by atoms with Gasteiger partial charge in [0.2, 0.25) is 5.91 Å². The van der Waals surface area contributed by atoms with Crippen molar-refractivity contribution in [3.8, 4) is 5.75 Å². The third-order valence-corrected chi connectivity index (χ3v) is 6.17. The van der Waals surface area contributed by atoms with Gasteiger partial charge in [-0.05, 0) is 68.4 Å². The van der Waals surface area contributed by atoms with Crippen LogP contribution in [-0.2, 0) is 11.3 Å². The van der Waals surface area contributed by atoms with Gasteiger partial charge in [0.05, 0.1) is 24.4 Å². The highest BCUT2D eigenvalue weighted by Crippen LogP contribution is 2.20. The fourth-order valence-electron chi connectivity index (χ4n) is 4.36. The summed E-state index contributed by atoms with van der Waals surface area (Å²) in [7, 11) is 0. The Hall–Kier alpha value is -3.68. The Morgan fingerprint density at radius 2 is 1.50 bits per heavy atom. The molecule has 2 amide bonds.